The molecule has 12 heterocycles. The summed E-state index contributed by atoms with van der Waals surface area (Å²) in [5.74, 6) is 0.828. The van der Waals surface area contributed by atoms with Gasteiger partial charge in [0.1, 0.15) is 38.4 Å². The molecule has 29 aromatic rings. The van der Waals surface area contributed by atoms with Gasteiger partial charge in [-0.2, -0.15) is 4.98 Å². The fourth-order valence-corrected chi connectivity index (χ4v) is 25.9. The second-order valence-corrected chi connectivity index (χ2v) is 37.8. The highest BCUT2D eigenvalue weighted by Gasteiger charge is 2.30. The minimum atomic E-state index is 0.198. The molecule has 17 aromatic carbocycles. The molecule has 0 atom stereocenters. The van der Waals surface area contributed by atoms with Gasteiger partial charge in [0, 0.05) is 152 Å². The van der Waals surface area contributed by atoms with Crippen LogP contribution in [0.1, 0.15) is 11.1 Å². The maximum atomic E-state index is 6.61. The summed E-state index contributed by atoms with van der Waals surface area (Å²) in [5, 5.41) is 27.7. The third kappa shape index (κ3) is 10.8. The molecule has 0 bridgehead atoms. The Labute approximate surface area is 757 Å². The van der Waals surface area contributed by atoms with Crippen molar-refractivity contribution in [3.63, 3.8) is 0 Å². The molecular formula is C110H60Cl3N9O2S4. The number of fused-ring (bicyclic) bond motifs is 39. The average molecular weight is 1770 g/mol. The van der Waals surface area contributed by atoms with E-state index >= 15 is 0 Å². The lowest BCUT2D eigenvalue weighted by Crippen LogP contribution is -2.00. The number of thiophene rings is 4. The van der Waals surface area contributed by atoms with Crippen molar-refractivity contribution in [2.24, 2.45) is 0 Å². The van der Waals surface area contributed by atoms with Gasteiger partial charge in [-0.1, -0.05) is 237 Å². The van der Waals surface area contributed by atoms with E-state index in [9.17, 15) is 0 Å². The number of aryl methyl sites for hydroxylation is 2. The van der Waals surface area contributed by atoms with Crippen LogP contribution in [0.3, 0.4) is 0 Å². The monoisotopic (exact) mass is 1770 g/mol. The lowest BCUT2D eigenvalue weighted by molar-refractivity contribution is 0.666. The number of halogens is 3. The van der Waals surface area contributed by atoms with Gasteiger partial charge in [-0.15, -0.1) is 45.3 Å². The van der Waals surface area contributed by atoms with Crippen molar-refractivity contribution < 1.29 is 8.83 Å². The second-order valence-electron chi connectivity index (χ2n) is 32.6. The number of aromatic nitrogens is 9. The van der Waals surface area contributed by atoms with Gasteiger partial charge in [0.2, 0.25) is 15.9 Å². The van der Waals surface area contributed by atoms with Crippen LogP contribution in [0.2, 0.25) is 15.9 Å². The van der Waals surface area contributed by atoms with Crippen LogP contribution in [0.25, 0.3) is 262 Å². The van der Waals surface area contributed by atoms with Gasteiger partial charge in [-0.3, -0.25) is 4.57 Å². The topological polar surface area (TPSA) is 118 Å². The Balaban J connectivity index is 0.0000000997. The van der Waals surface area contributed by atoms with Gasteiger partial charge in [-0.25, -0.2) is 24.9 Å². The zero-order valence-corrected chi connectivity index (χ0v) is 73.3. The van der Waals surface area contributed by atoms with Crippen molar-refractivity contribution in [3.8, 4) is 39.7 Å². The smallest absolute Gasteiger partial charge is 0.225 e. The van der Waals surface area contributed by atoms with E-state index in [2.05, 4.69) is 327 Å². The van der Waals surface area contributed by atoms with Crippen LogP contribution in [0, 0.1) is 13.8 Å². The first kappa shape index (κ1) is 73.8. The Hall–Kier alpha value is -14.5. The van der Waals surface area contributed by atoms with Gasteiger partial charge in [0.25, 0.3) is 0 Å². The Kier molecular flexibility index (Phi) is 16.3. The van der Waals surface area contributed by atoms with Crippen LogP contribution in [0.15, 0.2) is 336 Å². The Morgan fingerprint density at radius 1 is 0.273 bits per heavy atom. The summed E-state index contributed by atoms with van der Waals surface area (Å²) in [6.45, 7) is 4.32. The summed E-state index contributed by atoms with van der Waals surface area (Å²) in [6, 6.07) is 116. The van der Waals surface area contributed by atoms with Crippen LogP contribution in [0.5, 0.6) is 0 Å². The van der Waals surface area contributed by atoms with E-state index in [4.69, 9.17) is 53.6 Å². The summed E-state index contributed by atoms with van der Waals surface area (Å²) in [4.78, 5) is 28.9. The summed E-state index contributed by atoms with van der Waals surface area (Å²) >= 11 is 26.9. The Morgan fingerprint density at radius 3 is 1.10 bits per heavy atom. The lowest BCUT2D eigenvalue weighted by atomic mass is 9.98. The largest absolute Gasteiger partial charge is 0.452 e. The molecule has 0 spiro atoms. The number of hydrogen-bond donors (Lipinski definition) is 0. The number of para-hydroxylation sites is 5. The van der Waals surface area contributed by atoms with Crippen molar-refractivity contribution in [2.75, 3.05) is 0 Å². The lowest BCUT2D eigenvalue weighted by Gasteiger charge is -2.16. The normalized spacial score (nSPS) is 12.3. The van der Waals surface area contributed by atoms with Crippen LogP contribution < -0.4 is 0 Å². The molecule has 602 valence electrons. The van der Waals surface area contributed by atoms with Gasteiger partial charge in [-0.05, 0) is 167 Å². The van der Waals surface area contributed by atoms with Gasteiger partial charge < -0.3 is 18.0 Å². The molecule has 29 rings (SSSR count). The van der Waals surface area contributed by atoms with E-state index in [1.807, 2.05) is 82.5 Å². The van der Waals surface area contributed by atoms with Crippen LogP contribution in [-0.4, -0.2) is 43.6 Å². The number of nitrogens with zero attached hydrogens (tertiary/aromatic N) is 9. The van der Waals surface area contributed by atoms with Crippen molar-refractivity contribution in [1.29, 1.82) is 0 Å². The summed E-state index contributed by atoms with van der Waals surface area (Å²) < 4.78 is 28.8. The van der Waals surface area contributed by atoms with E-state index in [0.29, 0.717) is 22.6 Å². The Morgan fingerprint density at radius 2 is 0.625 bits per heavy atom. The van der Waals surface area contributed by atoms with Gasteiger partial charge in [0.05, 0.1) is 38.5 Å². The van der Waals surface area contributed by atoms with Crippen molar-refractivity contribution in [3.05, 3.63) is 355 Å². The van der Waals surface area contributed by atoms with Crippen LogP contribution in [-0.2, 0) is 0 Å². The van der Waals surface area contributed by atoms with Crippen molar-refractivity contribution in [2.45, 2.75) is 13.8 Å². The first-order valence-corrected chi connectivity index (χ1v) is 46.5. The van der Waals surface area contributed by atoms with E-state index in [-0.39, 0.29) is 15.9 Å². The van der Waals surface area contributed by atoms with Crippen LogP contribution >= 0.6 is 80.1 Å². The minimum Gasteiger partial charge on any atom is -0.452 e. The maximum absolute atomic E-state index is 6.61. The minimum absolute atomic E-state index is 0.198. The molecule has 0 radical (unpaired) electrons. The molecule has 0 aliphatic heterocycles. The highest BCUT2D eigenvalue weighted by molar-refractivity contribution is 7.28. The second kappa shape index (κ2) is 28.3. The van der Waals surface area contributed by atoms with E-state index < -0.39 is 0 Å². The first-order valence-electron chi connectivity index (χ1n) is 42.1. The van der Waals surface area contributed by atoms with E-state index in [0.717, 1.165) is 99.1 Å². The molecule has 0 saturated carbocycles. The fourth-order valence-electron chi connectivity index (χ4n) is 20.4. The molecule has 0 unspecified atom stereocenters. The van der Waals surface area contributed by atoms with Gasteiger partial charge in [0.15, 0.2) is 17.0 Å². The molecule has 12 aromatic heterocycles. The third-order valence-electron chi connectivity index (χ3n) is 25.7. The maximum Gasteiger partial charge on any atom is 0.225 e. The summed E-state index contributed by atoms with van der Waals surface area (Å²) in [7, 11) is 0. The zero-order valence-electron chi connectivity index (χ0n) is 67.8. The molecule has 0 saturated heterocycles. The standard InChI is InChI=1S/C40H24ClN3OS.C38H20ClN3OS.C32H16ClN3S2/c1-21-20-30(22(2)19-28(21)36-38-35(42-40(41)43-36)26-14-6-9-17-31(26)45-38)44-29-16-8-5-13-25(29)34-37(44)24-12-4-3-11-23(24)33-27-15-7-10-18-32(27)46-39(33)34;39-38-40-33(36-34(41-38)26-12-4-7-15-29(26)43-36)21-17-19-22(20-18-21)42-28-14-6-3-11-25(28)32-35(42)24-10-2-1-9-23(24)31-27-13-5-8-16-30(27)44-37(31)32;33-32-34-30(27-21-13-5-8-16-24(21)38-31(27)35-32)36-22-14-6-3-11-19(22)26-28(36)18-10-2-1-9-17(18)25-20-12-4-7-15-23(20)37-29(25)26/h3-20H,1-2H3;1-20H;1-16H. The van der Waals surface area contributed by atoms with Crippen molar-refractivity contribution >= 4 is 303 Å². The SMILES string of the molecule is Cc1cc(-n2c3ccccc3c3c4sc5ccccc5c4c4ccccc4c32)c(C)cc1-c1nc(Cl)nc2c1oc1ccccc12.Clc1nc(-c2ccc(-n3c4ccccc4c4c5sc6ccccc6c5c5ccccc5c43)cc2)c2oc3ccccc3c2n1.Clc1nc(-n2c3ccccc3c3c4sc5ccccc5c4c4ccccc4c32)c2c(n1)sc1ccccc12. The predicted molar refractivity (Wildman–Crippen MR) is 543 cm³/mol. The first-order chi connectivity index (χ1) is 63.1. The third-order valence-corrected chi connectivity index (χ3v) is 30.8. The zero-order chi connectivity index (χ0) is 84.6. The molecule has 0 amide bonds. The highest BCUT2D eigenvalue weighted by atomic mass is 35.5. The van der Waals surface area contributed by atoms with Crippen molar-refractivity contribution in [1.82, 2.24) is 43.6 Å². The highest BCUT2D eigenvalue weighted by Crippen LogP contribution is 2.54. The predicted octanol–water partition coefficient (Wildman–Crippen LogP) is 33.4. The molecule has 18 heteroatoms. The number of rotatable bonds is 5. The molecule has 11 nitrogen and oxygen atoms in total. The summed E-state index contributed by atoms with van der Waals surface area (Å²) in [5.41, 5.74) is 19.1. The number of hydrogen-bond acceptors (Lipinski definition) is 12. The van der Waals surface area contributed by atoms with E-state index in [1.54, 1.807) is 11.3 Å². The molecular weight excluding hydrogens is 1710 g/mol. The number of furan rings is 2. The van der Waals surface area contributed by atoms with Crippen LogP contribution in [0.4, 0.5) is 0 Å². The molecule has 0 aliphatic carbocycles. The average Bonchev–Trinajstić information content (AvgIpc) is 1.53. The fraction of sp³-hybridized carbons (Fsp3) is 0.0182. The molecule has 0 aliphatic rings. The number of benzene rings is 17. The van der Waals surface area contributed by atoms with Gasteiger partial charge >= 0.3 is 0 Å². The molecule has 0 fully saturated rings. The molecule has 0 N–H and O–H groups in total. The molecule has 128 heavy (non-hydrogen) atoms. The summed E-state index contributed by atoms with van der Waals surface area (Å²) in [6.07, 6.45) is 0. The van der Waals surface area contributed by atoms with E-state index in [1.165, 1.54) is 152 Å². The quantitative estimate of drug-likeness (QED) is 0.156. The Bertz CT molecular complexity index is 9920.